The molecule has 2 atom stereocenters. The molecule has 0 spiro atoms. The number of ketones is 1. The first kappa shape index (κ1) is 21.8. The van der Waals surface area contributed by atoms with Gasteiger partial charge in [-0.2, -0.15) is 0 Å². The van der Waals surface area contributed by atoms with Gasteiger partial charge in [-0.25, -0.2) is 0 Å². The van der Waals surface area contributed by atoms with Crippen LogP contribution in [0.3, 0.4) is 0 Å². The number of rotatable bonds is 6. The third kappa shape index (κ3) is 4.63. The number of esters is 1. The Bertz CT molecular complexity index is 852. The molecule has 2 amide bonds. The number of hydrogen-bond acceptors (Lipinski definition) is 6. The fourth-order valence-corrected chi connectivity index (χ4v) is 3.86. The zero-order chi connectivity index (χ0) is 21.8. The minimum Gasteiger partial charge on any atom is -0.479 e. The minimum absolute atomic E-state index is 0.0626. The number of benzene rings is 1. The molecule has 162 valence electrons. The molecule has 0 bridgehead atoms. The summed E-state index contributed by atoms with van der Waals surface area (Å²) < 4.78 is 10.6. The number of hydrogen-bond donors (Lipinski definition) is 0. The lowest BCUT2D eigenvalue weighted by Gasteiger charge is -2.31. The number of amides is 2. The van der Waals surface area contributed by atoms with E-state index in [1.807, 2.05) is 0 Å². The molecular weight excluding hydrogens is 388 g/mol. The topological polar surface area (TPSA) is 93.2 Å². The average Bonchev–Trinajstić information content (AvgIpc) is 2.75. The number of ether oxygens (including phenoxy) is 2. The molecule has 0 aromatic heterocycles. The van der Waals surface area contributed by atoms with Crippen molar-refractivity contribution in [2.24, 2.45) is 5.92 Å². The summed E-state index contributed by atoms with van der Waals surface area (Å²) in [6.45, 7) is 4.69. The van der Waals surface area contributed by atoms with Gasteiger partial charge in [-0.3, -0.25) is 19.2 Å². The Labute approximate surface area is 176 Å². The molecule has 2 aliphatic heterocycles. The maximum Gasteiger partial charge on any atom is 0.310 e. The van der Waals surface area contributed by atoms with Crippen LogP contribution < -0.4 is 9.64 Å². The first-order valence-corrected chi connectivity index (χ1v) is 10.4. The van der Waals surface area contributed by atoms with Gasteiger partial charge in [0.05, 0.1) is 18.2 Å². The van der Waals surface area contributed by atoms with Crippen molar-refractivity contribution >= 4 is 29.3 Å². The van der Waals surface area contributed by atoms with Gasteiger partial charge in [0, 0.05) is 38.5 Å². The van der Waals surface area contributed by atoms with Crippen LogP contribution in [0.15, 0.2) is 18.2 Å². The highest BCUT2D eigenvalue weighted by Crippen LogP contribution is 2.34. The van der Waals surface area contributed by atoms with Crippen LogP contribution in [0.5, 0.6) is 5.75 Å². The number of anilines is 1. The second-order valence-corrected chi connectivity index (χ2v) is 7.69. The van der Waals surface area contributed by atoms with Gasteiger partial charge in [0.2, 0.25) is 5.91 Å². The molecule has 2 unspecified atom stereocenters. The average molecular weight is 416 g/mol. The zero-order valence-electron chi connectivity index (χ0n) is 17.7. The molecule has 0 N–H and O–H groups in total. The second kappa shape index (κ2) is 9.28. The van der Waals surface area contributed by atoms with Crippen LogP contribution in [-0.2, 0) is 19.1 Å². The summed E-state index contributed by atoms with van der Waals surface area (Å²) in [4.78, 5) is 52.4. The van der Waals surface area contributed by atoms with Gasteiger partial charge < -0.3 is 19.3 Å². The van der Waals surface area contributed by atoms with E-state index >= 15 is 0 Å². The summed E-state index contributed by atoms with van der Waals surface area (Å²) in [7, 11) is 1.65. The van der Waals surface area contributed by atoms with E-state index in [1.165, 1.54) is 4.90 Å². The maximum atomic E-state index is 12.6. The highest BCUT2D eigenvalue weighted by Gasteiger charge is 2.31. The number of piperidine rings is 1. The largest absolute Gasteiger partial charge is 0.479 e. The number of carbonyl (C=O) groups is 4. The molecule has 30 heavy (non-hydrogen) atoms. The summed E-state index contributed by atoms with van der Waals surface area (Å²) in [6.07, 6.45) is 1.03. The smallest absolute Gasteiger partial charge is 0.310 e. The van der Waals surface area contributed by atoms with Crippen LogP contribution in [0.2, 0.25) is 0 Å². The number of nitrogens with zero attached hydrogens (tertiary/aromatic N) is 2. The molecule has 8 heteroatoms. The summed E-state index contributed by atoms with van der Waals surface area (Å²) >= 11 is 0. The fraction of sp³-hybridized carbons (Fsp3) is 0.545. The minimum atomic E-state index is -0.565. The normalized spacial score (nSPS) is 21.0. The van der Waals surface area contributed by atoms with Crippen molar-refractivity contribution in [1.82, 2.24) is 4.90 Å². The van der Waals surface area contributed by atoms with Crippen molar-refractivity contribution in [2.75, 3.05) is 31.6 Å². The van der Waals surface area contributed by atoms with Crippen molar-refractivity contribution < 1.29 is 28.7 Å². The van der Waals surface area contributed by atoms with Crippen molar-refractivity contribution in [3.8, 4) is 5.75 Å². The maximum absolute atomic E-state index is 12.6. The summed E-state index contributed by atoms with van der Waals surface area (Å²) in [5.74, 6) is -0.506. The van der Waals surface area contributed by atoms with Crippen molar-refractivity contribution in [3.63, 3.8) is 0 Å². The Morgan fingerprint density at radius 2 is 2.00 bits per heavy atom. The molecule has 2 aliphatic rings. The molecule has 1 aromatic carbocycles. The molecule has 8 nitrogen and oxygen atoms in total. The Balaban J connectivity index is 1.59. The zero-order valence-corrected chi connectivity index (χ0v) is 17.7. The summed E-state index contributed by atoms with van der Waals surface area (Å²) in [5, 5.41) is 0. The molecule has 3 rings (SSSR count). The Hall–Kier alpha value is -2.90. The van der Waals surface area contributed by atoms with Gasteiger partial charge in [0.15, 0.2) is 11.9 Å². The number of likely N-dealkylation sites (tertiary alicyclic amines) is 1. The predicted molar refractivity (Wildman–Crippen MR) is 109 cm³/mol. The van der Waals surface area contributed by atoms with E-state index in [-0.39, 0.29) is 42.3 Å². The van der Waals surface area contributed by atoms with Gasteiger partial charge in [-0.1, -0.05) is 0 Å². The van der Waals surface area contributed by atoms with Gasteiger partial charge in [-0.15, -0.1) is 0 Å². The third-order valence-electron chi connectivity index (χ3n) is 5.58. The van der Waals surface area contributed by atoms with E-state index in [4.69, 9.17) is 9.47 Å². The summed E-state index contributed by atoms with van der Waals surface area (Å²) in [6, 6.07) is 4.96. The molecule has 1 saturated heterocycles. The molecule has 1 fully saturated rings. The lowest BCUT2D eigenvalue weighted by Crippen LogP contribution is -2.43. The Morgan fingerprint density at radius 3 is 2.73 bits per heavy atom. The van der Waals surface area contributed by atoms with E-state index in [0.717, 1.165) is 6.42 Å². The predicted octanol–water partition coefficient (Wildman–Crippen LogP) is 2.19. The fourth-order valence-electron chi connectivity index (χ4n) is 3.86. The van der Waals surface area contributed by atoms with E-state index < -0.39 is 6.10 Å². The molecule has 1 aromatic rings. The van der Waals surface area contributed by atoms with Crippen LogP contribution in [0.4, 0.5) is 5.69 Å². The molecule has 2 heterocycles. The first-order chi connectivity index (χ1) is 14.3. The van der Waals surface area contributed by atoms with Gasteiger partial charge in [-0.05, 0) is 44.9 Å². The van der Waals surface area contributed by atoms with Crippen molar-refractivity contribution in [1.29, 1.82) is 0 Å². The van der Waals surface area contributed by atoms with E-state index in [2.05, 4.69) is 0 Å². The number of fused-ring (bicyclic) bond motifs is 1. The standard InChI is InChI=1S/C22H28N2O6/c1-4-29-22(28)16-6-5-11-24(13-16)20(26)10-8-18(25)15-7-9-19-17(12-15)23(3)21(27)14(2)30-19/h7,9,12,14,16H,4-6,8,10-11,13H2,1-3H3. The number of Topliss-reactive ketones (excluding diaryl/α,β-unsaturated/α-hetero) is 1. The van der Waals surface area contributed by atoms with Crippen LogP contribution in [-0.4, -0.2) is 61.3 Å². The van der Waals surface area contributed by atoms with E-state index in [0.29, 0.717) is 43.1 Å². The monoisotopic (exact) mass is 416 g/mol. The van der Waals surface area contributed by atoms with E-state index in [1.54, 1.807) is 44.0 Å². The number of carbonyl (C=O) groups excluding carboxylic acids is 4. The first-order valence-electron chi connectivity index (χ1n) is 10.4. The Morgan fingerprint density at radius 1 is 1.23 bits per heavy atom. The van der Waals surface area contributed by atoms with E-state index in [9.17, 15) is 19.2 Å². The lowest BCUT2D eigenvalue weighted by molar-refractivity contribution is -0.151. The van der Waals surface area contributed by atoms with Crippen LogP contribution in [0.25, 0.3) is 0 Å². The molecule has 0 radical (unpaired) electrons. The molecule has 0 saturated carbocycles. The second-order valence-electron chi connectivity index (χ2n) is 7.69. The van der Waals surface area contributed by atoms with Crippen molar-refractivity contribution in [2.45, 2.75) is 45.6 Å². The van der Waals surface area contributed by atoms with Crippen LogP contribution >= 0.6 is 0 Å². The summed E-state index contributed by atoms with van der Waals surface area (Å²) in [5.41, 5.74) is 0.978. The molecular formula is C22H28N2O6. The third-order valence-corrected chi connectivity index (χ3v) is 5.58. The lowest BCUT2D eigenvalue weighted by atomic mass is 9.97. The van der Waals surface area contributed by atoms with Crippen LogP contribution in [0.1, 0.15) is 49.9 Å². The Kier molecular flexibility index (Phi) is 6.74. The highest BCUT2D eigenvalue weighted by atomic mass is 16.5. The molecule has 0 aliphatic carbocycles. The van der Waals surface area contributed by atoms with Crippen molar-refractivity contribution in [3.05, 3.63) is 23.8 Å². The van der Waals surface area contributed by atoms with Crippen LogP contribution in [0, 0.1) is 5.92 Å². The highest BCUT2D eigenvalue weighted by molar-refractivity contribution is 6.03. The quantitative estimate of drug-likeness (QED) is 0.521. The number of likely N-dealkylation sites (N-methyl/N-ethyl adjacent to an activating group) is 1. The van der Waals surface area contributed by atoms with Gasteiger partial charge in [0.25, 0.3) is 5.91 Å². The van der Waals surface area contributed by atoms with Gasteiger partial charge in [0.1, 0.15) is 5.75 Å². The SMILES string of the molecule is CCOC(=O)C1CCCN(C(=O)CCC(=O)c2ccc3c(c2)N(C)C(=O)C(C)O3)C1. The van der Waals surface area contributed by atoms with Gasteiger partial charge >= 0.3 is 5.97 Å².